The van der Waals surface area contributed by atoms with E-state index in [1.165, 1.54) is 6.20 Å². The van der Waals surface area contributed by atoms with Gasteiger partial charge in [-0.15, -0.1) is 0 Å². The second-order valence-corrected chi connectivity index (χ2v) is 7.39. The molecule has 1 unspecified atom stereocenters. The molecule has 2 N–H and O–H groups in total. The van der Waals surface area contributed by atoms with E-state index in [1.54, 1.807) is 19.9 Å². The minimum absolute atomic E-state index is 0.0143. The Morgan fingerprint density at radius 2 is 2.21 bits per heavy atom. The first-order valence-corrected chi connectivity index (χ1v) is 7.71. The van der Waals surface area contributed by atoms with Crippen LogP contribution in [-0.2, 0) is 9.84 Å². The number of pyridine rings is 1. The molecule has 7 heteroatoms. The number of hydrogen-bond donors (Lipinski definition) is 2. The third kappa shape index (κ3) is 3.04. The van der Waals surface area contributed by atoms with Crippen LogP contribution in [0.5, 0.6) is 0 Å². The Kier molecular flexibility index (Phi) is 3.25. The summed E-state index contributed by atoms with van der Waals surface area (Å²) in [7, 11) is -3.04. The summed E-state index contributed by atoms with van der Waals surface area (Å²) in [6, 6.07) is 1.62. The number of carboxylic acid groups (broad SMARTS) is 1. The lowest BCUT2D eigenvalue weighted by atomic mass is 10.0. The molecule has 0 bridgehead atoms. The van der Waals surface area contributed by atoms with Gasteiger partial charge in [-0.25, -0.2) is 13.2 Å². The van der Waals surface area contributed by atoms with Crippen molar-refractivity contribution in [2.75, 3.05) is 16.8 Å². The van der Waals surface area contributed by atoms with Crippen LogP contribution < -0.4 is 5.32 Å². The van der Waals surface area contributed by atoms with E-state index < -0.39 is 21.3 Å². The third-order valence-electron chi connectivity index (χ3n) is 3.21. The van der Waals surface area contributed by atoms with Gasteiger partial charge in [-0.3, -0.25) is 4.98 Å². The summed E-state index contributed by atoms with van der Waals surface area (Å²) in [4.78, 5) is 15.1. The Bertz CT molecular complexity index is 627. The Hall–Kier alpha value is -1.63. The summed E-state index contributed by atoms with van der Waals surface area (Å²) < 4.78 is 23.1. The zero-order valence-electron chi connectivity index (χ0n) is 10.8. The maximum atomic E-state index is 11.6. The molecule has 2 heterocycles. The van der Waals surface area contributed by atoms with Crippen LogP contribution in [0.4, 0.5) is 5.69 Å². The molecular weight excluding hydrogens is 268 g/mol. The number of nitrogens with zero attached hydrogens (tertiary/aromatic N) is 1. The maximum absolute atomic E-state index is 11.6. The molecule has 1 atom stereocenters. The number of anilines is 1. The van der Waals surface area contributed by atoms with Crippen molar-refractivity contribution in [1.82, 2.24) is 4.98 Å². The number of aromatic nitrogens is 1. The third-order valence-corrected chi connectivity index (χ3v) is 5.11. The van der Waals surface area contributed by atoms with Gasteiger partial charge in [-0.1, -0.05) is 0 Å². The summed E-state index contributed by atoms with van der Waals surface area (Å²) in [6.45, 7) is 3.55. The summed E-state index contributed by atoms with van der Waals surface area (Å²) in [5.74, 6) is -0.942. The number of carbonyl (C=O) groups is 1. The van der Waals surface area contributed by atoms with Gasteiger partial charge in [0.05, 0.1) is 17.2 Å². The zero-order valence-corrected chi connectivity index (χ0v) is 11.6. The number of nitrogens with one attached hydrogen (secondary N) is 1. The maximum Gasteiger partial charge on any atom is 0.339 e. The van der Waals surface area contributed by atoms with Crippen molar-refractivity contribution >= 4 is 21.5 Å². The second kappa shape index (κ2) is 4.48. The number of aromatic carboxylic acids is 1. The van der Waals surface area contributed by atoms with E-state index in [2.05, 4.69) is 10.3 Å². The predicted octanol–water partition coefficient (Wildman–Crippen LogP) is 1.08. The molecule has 0 saturated carbocycles. The summed E-state index contributed by atoms with van der Waals surface area (Å²) in [5, 5.41) is 12.2. The van der Waals surface area contributed by atoms with Crippen molar-refractivity contribution in [2.24, 2.45) is 0 Å². The van der Waals surface area contributed by atoms with Crippen LogP contribution in [0.2, 0.25) is 0 Å². The molecule has 1 aliphatic rings. The summed E-state index contributed by atoms with van der Waals surface area (Å²) >= 11 is 0. The fourth-order valence-electron chi connectivity index (χ4n) is 2.27. The van der Waals surface area contributed by atoms with Gasteiger partial charge >= 0.3 is 5.97 Å². The minimum Gasteiger partial charge on any atom is -0.478 e. The largest absolute Gasteiger partial charge is 0.478 e. The number of hydrogen-bond acceptors (Lipinski definition) is 5. The first kappa shape index (κ1) is 13.8. The van der Waals surface area contributed by atoms with E-state index in [1.807, 2.05) is 0 Å². The molecule has 1 aromatic heterocycles. The van der Waals surface area contributed by atoms with Crippen LogP contribution in [0.1, 0.15) is 29.4 Å². The van der Waals surface area contributed by atoms with Gasteiger partial charge in [0.1, 0.15) is 5.56 Å². The van der Waals surface area contributed by atoms with Gasteiger partial charge < -0.3 is 10.4 Å². The standard InChI is InChI=1S/C12H16N2O4S/c1-8-5-10(9(6-13-8)11(15)16)14-12(2)3-4-19(17,18)7-12/h5-6H,3-4,7H2,1-2H3,(H,13,14)(H,15,16). The van der Waals surface area contributed by atoms with Gasteiger partial charge in [-0.2, -0.15) is 0 Å². The van der Waals surface area contributed by atoms with E-state index in [4.69, 9.17) is 5.11 Å². The van der Waals surface area contributed by atoms with Crippen molar-refractivity contribution in [1.29, 1.82) is 0 Å². The lowest BCUT2D eigenvalue weighted by molar-refractivity contribution is 0.0697. The average molecular weight is 284 g/mol. The molecule has 0 radical (unpaired) electrons. The Morgan fingerprint density at radius 3 is 2.74 bits per heavy atom. The van der Waals surface area contributed by atoms with Crippen molar-refractivity contribution < 1.29 is 18.3 Å². The summed E-state index contributed by atoms with van der Waals surface area (Å²) in [6.07, 6.45) is 1.75. The van der Waals surface area contributed by atoms with Crippen molar-refractivity contribution in [3.8, 4) is 0 Å². The van der Waals surface area contributed by atoms with Gasteiger partial charge in [0.15, 0.2) is 9.84 Å². The highest BCUT2D eigenvalue weighted by atomic mass is 32.2. The fraction of sp³-hybridized carbons (Fsp3) is 0.500. The van der Waals surface area contributed by atoms with Crippen LogP contribution in [0.3, 0.4) is 0 Å². The lowest BCUT2D eigenvalue weighted by Crippen LogP contribution is -2.36. The smallest absolute Gasteiger partial charge is 0.339 e. The van der Waals surface area contributed by atoms with Gasteiger partial charge in [0.25, 0.3) is 0 Å². The quantitative estimate of drug-likeness (QED) is 0.862. The van der Waals surface area contributed by atoms with E-state index in [-0.39, 0.29) is 17.1 Å². The average Bonchev–Trinajstić information content (AvgIpc) is 2.52. The first-order chi connectivity index (χ1) is 8.71. The van der Waals surface area contributed by atoms with Gasteiger partial charge in [0, 0.05) is 17.4 Å². The molecule has 1 aliphatic heterocycles. The van der Waals surface area contributed by atoms with E-state index in [9.17, 15) is 13.2 Å². The molecule has 0 spiro atoms. The molecule has 0 aromatic carbocycles. The van der Waals surface area contributed by atoms with Gasteiger partial charge in [0.2, 0.25) is 0 Å². The number of carboxylic acids is 1. The first-order valence-electron chi connectivity index (χ1n) is 5.89. The number of aryl methyl sites for hydroxylation is 1. The molecule has 6 nitrogen and oxygen atoms in total. The van der Waals surface area contributed by atoms with E-state index >= 15 is 0 Å². The Labute approximate surface area is 111 Å². The van der Waals surface area contributed by atoms with E-state index in [0.29, 0.717) is 17.8 Å². The van der Waals surface area contributed by atoms with Crippen LogP contribution in [0.25, 0.3) is 0 Å². The molecule has 19 heavy (non-hydrogen) atoms. The number of rotatable bonds is 3. The highest BCUT2D eigenvalue weighted by Crippen LogP contribution is 2.29. The highest BCUT2D eigenvalue weighted by Gasteiger charge is 2.38. The lowest BCUT2D eigenvalue weighted by Gasteiger charge is -2.26. The van der Waals surface area contributed by atoms with Crippen molar-refractivity contribution in [3.63, 3.8) is 0 Å². The van der Waals surface area contributed by atoms with Crippen LogP contribution in [0, 0.1) is 6.92 Å². The molecule has 1 aromatic rings. The monoisotopic (exact) mass is 284 g/mol. The molecule has 2 rings (SSSR count). The minimum atomic E-state index is -3.04. The molecule has 0 aliphatic carbocycles. The summed E-state index contributed by atoms with van der Waals surface area (Å²) in [5.41, 5.74) is 0.518. The predicted molar refractivity (Wildman–Crippen MR) is 71.2 cm³/mol. The van der Waals surface area contributed by atoms with Crippen LogP contribution in [-0.4, -0.2) is 41.5 Å². The Balaban J connectivity index is 2.33. The zero-order chi connectivity index (χ0) is 14.3. The van der Waals surface area contributed by atoms with E-state index in [0.717, 1.165) is 0 Å². The van der Waals surface area contributed by atoms with Gasteiger partial charge in [-0.05, 0) is 26.3 Å². The second-order valence-electron chi connectivity index (χ2n) is 5.20. The number of sulfone groups is 1. The molecule has 104 valence electrons. The molecule has 1 fully saturated rings. The SMILES string of the molecule is Cc1cc(NC2(C)CCS(=O)(=O)C2)c(C(=O)O)cn1. The fourth-order valence-corrected chi connectivity index (χ4v) is 4.36. The molecular formula is C12H16N2O4S. The molecule has 1 saturated heterocycles. The topological polar surface area (TPSA) is 96.4 Å². The molecule has 0 amide bonds. The Morgan fingerprint density at radius 1 is 1.53 bits per heavy atom. The van der Waals surface area contributed by atoms with Crippen LogP contribution in [0.15, 0.2) is 12.3 Å². The highest BCUT2D eigenvalue weighted by molar-refractivity contribution is 7.91. The van der Waals surface area contributed by atoms with Crippen molar-refractivity contribution in [2.45, 2.75) is 25.8 Å². The van der Waals surface area contributed by atoms with Crippen molar-refractivity contribution in [3.05, 3.63) is 23.5 Å². The normalized spacial score (nSPS) is 25.2. The van der Waals surface area contributed by atoms with Crippen LogP contribution >= 0.6 is 0 Å².